The van der Waals surface area contributed by atoms with Crippen LogP contribution in [0.5, 0.6) is 0 Å². The number of para-hydroxylation sites is 1. The highest BCUT2D eigenvalue weighted by Gasteiger charge is 2.42. The van der Waals surface area contributed by atoms with E-state index in [0.717, 1.165) is 43.1 Å². The molecule has 2 aliphatic rings. The van der Waals surface area contributed by atoms with Crippen molar-refractivity contribution >= 4 is 16.9 Å². The number of methoxy groups -OCH3 is 1. The second kappa shape index (κ2) is 10.1. The molecular formula is C25H34N2O5. The van der Waals surface area contributed by atoms with Gasteiger partial charge in [-0.15, -0.1) is 0 Å². The fourth-order valence-electron chi connectivity index (χ4n) is 5.26. The Balaban J connectivity index is 1.43. The van der Waals surface area contributed by atoms with E-state index in [4.69, 9.17) is 14.2 Å². The topological polar surface area (TPSA) is 70.0 Å². The number of hydrogen-bond donors (Lipinski definition) is 0. The number of carbonyl (C=O) groups is 1. The number of fused-ring (bicyclic) bond motifs is 3. The summed E-state index contributed by atoms with van der Waals surface area (Å²) in [6, 6.07) is 10.1. The van der Waals surface area contributed by atoms with E-state index in [1.54, 1.807) is 17.7 Å². The molecule has 0 saturated carbocycles. The van der Waals surface area contributed by atoms with E-state index in [-0.39, 0.29) is 23.3 Å². The molecule has 3 heterocycles. The Morgan fingerprint density at radius 2 is 1.81 bits per heavy atom. The summed E-state index contributed by atoms with van der Waals surface area (Å²) in [6.07, 6.45) is 3.71. The van der Waals surface area contributed by atoms with Gasteiger partial charge in [0.05, 0.1) is 25.3 Å². The summed E-state index contributed by atoms with van der Waals surface area (Å²) in [5, 5.41) is 0.871. The molecule has 2 bridgehead atoms. The Morgan fingerprint density at radius 3 is 2.50 bits per heavy atom. The van der Waals surface area contributed by atoms with E-state index in [1.807, 2.05) is 38.1 Å². The Bertz CT molecular complexity index is 987. The van der Waals surface area contributed by atoms with Gasteiger partial charge < -0.3 is 18.8 Å². The van der Waals surface area contributed by atoms with Crippen molar-refractivity contribution in [2.45, 2.75) is 63.8 Å². The number of nitrogens with zero attached hydrogens (tertiary/aromatic N) is 2. The summed E-state index contributed by atoms with van der Waals surface area (Å²) < 4.78 is 18.2. The van der Waals surface area contributed by atoms with E-state index < -0.39 is 5.97 Å². The van der Waals surface area contributed by atoms with Crippen molar-refractivity contribution in [3.05, 3.63) is 46.2 Å². The van der Waals surface area contributed by atoms with E-state index in [1.165, 1.54) is 0 Å². The van der Waals surface area contributed by atoms with Crippen LogP contribution >= 0.6 is 0 Å². The van der Waals surface area contributed by atoms with Crippen LogP contribution in [0.1, 0.15) is 55.9 Å². The third-order valence-corrected chi connectivity index (χ3v) is 6.72. The largest absolute Gasteiger partial charge is 0.459 e. The molecule has 0 radical (unpaired) electrons. The summed E-state index contributed by atoms with van der Waals surface area (Å²) in [5.41, 5.74) is 0.680. The maximum atomic E-state index is 13.1. The van der Waals surface area contributed by atoms with Gasteiger partial charge in [0.15, 0.2) is 0 Å². The van der Waals surface area contributed by atoms with Gasteiger partial charge in [-0.3, -0.25) is 9.69 Å². The van der Waals surface area contributed by atoms with Crippen LogP contribution in [0.4, 0.5) is 0 Å². The lowest BCUT2D eigenvalue weighted by Gasteiger charge is -2.38. The van der Waals surface area contributed by atoms with Crippen LogP contribution in [0, 0.1) is 0 Å². The van der Waals surface area contributed by atoms with Crippen molar-refractivity contribution in [3.63, 3.8) is 0 Å². The van der Waals surface area contributed by atoms with Gasteiger partial charge in [0.1, 0.15) is 11.7 Å². The minimum absolute atomic E-state index is 0.0506. The van der Waals surface area contributed by atoms with Gasteiger partial charge in [-0.2, -0.15) is 0 Å². The molecular weight excluding hydrogens is 408 g/mol. The quantitative estimate of drug-likeness (QED) is 0.438. The first-order valence-electron chi connectivity index (χ1n) is 11.7. The number of pyridine rings is 1. The molecule has 32 heavy (non-hydrogen) atoms. The number of piperidine rings is 1. The predicted molar refractivity (Wildman–Crippen MR) is 123 cm³/mol. The highest BCUT2D eigenvalue weighted by atomic mass is 16.5. The first-order valence-corrected chi connectivity index (χ1v) is 11.7. The molecule has 7 nitrogen and oxygen atoms in total. The van der Waals surface area contributed by atoms with Crippen molar-refractivity contribution in [3.8, 4) is 0 Å². The van der Waals surface area contributed by atoms with E-state index >= 15 is 0 Å². The number of hydrogen-bond acceptors (Lipinski definition) is 6. The van der Waals surface area contributed by atoms with E-state index in [0.29, 0.717) is 31.9 Å². The normalized spacial score (nSPS) is 23.2. The van der Waals surface area contributed by atoms with Gasteiger partial charge in [0.25, 0.3) is 5.56 Å². The third-order valence-electron chi connectivity index (χ3n) is 6.72. The van der Waals surface area contributed by atoms with Crippen molar-refractivity contribution in [1.82, 2.24) is 9.47 Å². The average Bonchev–Trinajstić information content (AvgIpc) is 3.00. The minimum atomic E-state index is -0.504. The molecule has 174 valence electrons. The number of ether oxygens (including phenoxy) is 3. The van der Waals surface area contributed by atoms with Crippen LogP contribution in [-0.4, -0.2) is 67.1 Å². The molecule has 2 aromatic rings. The van der Waals surface area contributed by atoms with Crippen molar-refractivity contribution in [2.75, 3.05) is 33.5 Å². The summed E-state index contributed by atoms with van der Waals surface area (Å²) in [5.74, 6) is -0.504. The van der Waals surface area contributed by atoms with Crippen molar-refractivity contribution in [1.29, 1.82) is 0 Å². The molecule has 0 amide bonds. The van der Waals surface area contributed by atoms with Crippen LogP contribution in [0.2, 0.25) is 0 Å². The zero-order valence-corrected chi connectivity index (χ0v) is 19.3. The lowest BCUT2D eigenvalue weighted by Crippen LogP contribution is -2.47. The molecule has 1 aromatic heterocycles. The van der Waals surface area contributed by atoms with Gasteiger partial charge >= 0.3 is 5.97 Å². The monoisotopic (exact) mass is 442 g/mol. The van der Waals surface area contributed by atoms with Gasteiger partial charge in [-0.05, 0) is 44.2 Å². The lowest BCUT2D eigenvalue weighted by molar-refractivity contribution is -0.0156. The maximum Gasteiger partial charge on any atom is 0.344 e. The van der Waals surface area contributed by atoms with Gasteiger partial charge in [0.2, 0.25) is 0 Å². The SMILES string of the molecule is COCCOCCN1[C@@H]2CC[C@H]1CC(OC(=O)c1cc3ccccc3n(C(C)C)c1=O)C2. The standard InChI is InChI=1S/C25H34N2O5/c1-17(2)27-23-7-5-4-6-18(23)14-22(24(27)28)25(29)32-21-15-19-8-9-20(16-21)26(19)10-11-31-13-12-30-3/h4-7,14,17,19-21H,8-13,15-16H2,1-3H3/t19-,20+,21?. The van der Waals surface area contributed by atoms with E-state index in [9.17, 15) is 9.59 Å². The Kier molecular flexibility index (Phi) is 7.28. The van der Waals surface area contributed by atoms with Crippen LogP contribution in [0.25, 0.3) is 10.9 Å². The Morgan fingerprint density at radius 1 is 1.09 bits per heavy atom. The van der Waals surface area contributed by atoms with Crippen LogP contribution in [0.3, 0.4) is 0 Å². The summed E-state index contributed by atoms with van der Waals surface area (Å²) >= 11 is 0. The zero-order chi connectivity index (χ0) is 22.7. The number of rotatable bonds is 9. The second-order valence-electron chi connectivity index (χ2n) is 9.11. The average molecular weight is 443 g/mol. The molecule has 4 rings (SSSR count). The Labute approximate surface area is 189 Å². The fraction of sp³-hybridized carbons (Fsp3) is 0.600. The van der Waals surface area contributed by atoms with Crippen LogP contribution < -0.4 is 5.56 Å². The summed E-state index contributed by atoms with van der Waals surface area (Å²) in [4.78, 5) is 28.7. The number of esters is 1. The first kappa shape index (κ1) is 23.0. The van der Waals surface area contributed by atoms with Gasteiger partial charge in [-0.1, -0.05) is 18.2 Å². The third kappa shape index (κ3) is 4.75. The molecule has 1 unspecified atom stereocenters. The van der Waals surface area contributed by atoms with Crippen LogP contribution in [-0.2, 0) is 14.2 Å². The number of aromatic nitrogens is 1. The molecule has 2 aliphatic heterocycles. The van der Waals surface area contributed by atoms with Gasteiger partial charge in [-0.25, -0.2) is 4.79 Å². The summed E-state index contributed by atoms with van der Waals surface area (Å²) in [6.45, 7) is 6.71. The highest BCUT2D eigenvalue weighted by molar-refractivity contribution is 5.94. The predicted octanol–water partition coefficient (Wildman–Crippen LogP) is 3.40. The molecule has 2 fully saturated rings. The van der Waals surface area contributed by atoms with Gasteiger partial charge in [0, 0.05) is 44.6 Å². The Hall–Kier alpha value is -2.22. The zero-order valence-electron chi connectivity index (χ0n) is 19.3. The van der Waals surface area contributed by atoms with Crippen molar-refractivity contribution in [2.24, 2.45) is 0 Å². The highest BCUT2D eigenvalue weighted by Crippen LogP contribution is 2.36. The fourth-order valence-corrected chi connectivity index (χ4v) is 5.26. The van der Waals surface area contributed by atoms with Crippen LogP contribution in [0.15, 0.2) is 35.1 Å². The maximum absolute atomic E-state index is 13.1. The molecule has 0 spiro atoms. The number of carbonyl (C=O) groups excluding carboxylic acids is 1. The molecule has 7 heteroatoms. The molecule has 3 atom stereocenters. The molecule has 1 aromatic carbocycles. The molecule has 0 aliphatic carbocycles. The van der Waals surface area contributed by atoms with Crippen molar-refractivity contribution < 1.29 is 19.0 Å². The minimum Gasteiger partial charge on any atom is -0.459 e. The lowest BCUT2D eigenvalue weighted by atomic mass is 9.99. The van der Waals surface area contributed by atoms with E-state index in [2.05, 4.69) is 4.90 Å². The summed E-state index contributed by atoms with van der Waals surface area (Å²) in [7, 11) is 1.67. The molecule has 2 saturated heterocycles. The number of benzene rings is 1. The second-order valence-corrected chi connectivity index (χ2v) is 9.11. The smallest absolute Gasteiger partial charge is 0.344 e. The molecule has 0 N–H and O–H groups in total. The first-order chi connectivity index (χ1) is 15.5.